The van der Waals surface area contributed by atoms with Crippen molar-refractivity contribution in [3.63, 3.8) is 0 Å². The van der Waals surface area contributed by atoms with Gasteiger partial charge in [-0.25, -0.2) is 9.97 Å². The molecule has 140 valence electrons. The number of fused-ring (bicyclic) bond motifs is 1. The van der Waals surface area contributed by atoms with Crippen molar-refractivity contribution in [2.75, 3.05) is 25.7 Å². The van der Waals surface area contributed by atoms with Crippen molar-refractivity contribution in [3.8, 4) is 22.8 Å². The maximum atomic E-state index is 5.45. The lowest BCUT2D eigenvalue weighted by Gasteiger charge is -2.29. The lowest BCUT2D eigenvalue weighted by molar-refractivity contribution is 0.353. The molecule has 7 nitrogen and oxygen atoms in total. The van der Waals surface area contributed by atoms with Gasteiger partial charge in [-0.1, -0.05) is 0 Å². The summed E-state index contributed by atoms with van der Waals surface area (Å²) < 4.78 is 12.7. The summed E-state index contributed by atoms with van der Waals surface area (Å²) >= 11 is 0. The van der Waals surface area contributed by atoms with Crippen LogP contribution in [-0.4, -0.2) is 40.5 Å². The molecule has 0 spiro atoms. The van der Waals surface area contributed by atoms with Gasteiger partial charge in [-0.2, -0.15) is 5.10 Å². The maximum Gasteiger partial charge on any atom is 0.226 e. The van der Waals surface area contributed by atoms with E-state index in [9.17, 15) is 0 Å². The molecule has 0 saturated heterocycles. The Labute approximate surface area is 158 Å². The zero-order chi connectivity index (χ0) is 19.0. The van der Waals surface area contributed by atoms with E-state index in [1.165, 1.54) is 11.1 Å². The average Bonchev–Trinajstić information content (AvgIpc) is 3.04. The molecule has 1 aliphatic rings. The van der Waals surface area contributed by atoms with E-state index < -0.39 is 0 Å². The van der Waals surface area contributed by atoms with Crippen LogP contribution in [-0.2, 0) is 20.0 Å². The van der Waals surface area contributed by atoms with E-state index in [0.717, 1.165) is 53.9 Å². The Morgan fingerprint density at radius 2 is 1.81 bits per heavy atom. The average molecular weight is 365 g/mol. The molecule has 0 amide bonds. The Kier molecular flexibility index (Phi) is 4.43. The summed E-state index contributed by atoms with van der Waals surface area (Å²) in [5, 5.41) is 4.41. The Morgan fingerprint density at radius 3 is 2.48 bits per heavy atom. The van der Waals surface area contributed by atoms with Gasteiger partial charge in [0.2, 0.25) is 5.95 Å². The number of hydrogen-bond acceptors (Lipinski definition) is 6. The molecule has 27 heavy (non-hydrogen) atoms. The number of methoxy groups -OCH3 is 2. The second-order valence-electron chi connectivity index (χ2n) is 6.69. The van der Waals surface area contributed by atoms with Crippen molar-refractivity contribution in [2.45, 2.75) is 19.9 Å². The van der Waals surface area contributed by atoms with Crippen molar-refractivity contribution >= 4 is 5.95 Å². The molecule has 0 bridgehead atoms. The van der Waals surface area contributed by atoms with E-state index in [-0.39, 0.29) is 0 Å². The molecule has 3 heterocycles. The van der Waals surface area contributed by atoms with Crippen LogP contribution in [0.15, 0.2) is 30.6 Å². The normalized spacial score (nSPS) is 13.4. The van der Waals surface area contributed by atoms with Gasteiger partial charge in [0.05, 0.1) is 25.6 Å². The van der Waals surface area contributed by atoms with Crippen LogP contribution in [0.3, 0.4) is 0 Å². The maximum absolute atomic E-state index is 5.45. The number of ether oxygens (including phenoxy) is 2. The fourth-order valence-electron chi connectivity index (χ4n) is 3.56. The van der Waals surface area contributed by atoms with Gasteiger partial charge in [0.1, 0.15) is 0 Å². The van der Waals surface area contributed by atoms with Crippen molar-refractivity contribution < 1.29 is 9.47 Å². The molecular formula is C20H23N5O2. The van der Waals surface area contributed by atoms with Gasteiger partial charge < -0.3 is 14.4 Å². The van der Waals surface area contributed by atoms with Crippen molar-refractivity contribution in [2.24, 2.45) is 7.05 Å². The van der Waals surface area contributed by atoms with Crippen LogP contribution in [0.1, 0.15) is 16.8 Å². The molecule has 0 unspecified atom stereocenters. The number of rotatable bonds is 4. The summed E-state index contributed by atoms with van der Waals surface area (Å²) in [6.45, 7) is 3.59. The van der Waals surface area contributed by atoms with E-state index in [2.05, 4.69) is 27.1 Å². The predicted octanol–water partition coefficient (Wildman–Crippen LogP) is 2.77. The summed E-state index contributed by atoms with van der Waals surface area (Å²) in [5.41, 5.74) is 5.38. The molecule has 0 saturated carbocycles. The molecule has 1 aromatic carbocycles. The molecule has 0 aliphatic carbocycles. The number of benzene rings is 1. The van der Waals surface area contributed by atoms with Crippen LogP contribution in [0.4, 0.5) is 5.95 Å². The Balaban J connectivity index is 1.64. The van der Waals surface area contributed by atoms with Crippen molar-refractivity contribution in [1.82, 2.24) is 19.7 Å². The SMILES string of the molecule is COc1cc2c(cc1OC)CN(c1nccc(-c3cn(C)nc3C)n1)CC2. The second-order valence-corrected chi connectivity index (χ2v) is 6.69. The second kappa shape index (κ2) is 6.90. The van der Waals surface area contributed by atoms with Gasteiger partial charge in [-0.05, 0) is 42.7 Å². The van der Waals surface area contributed by atoms with Gasteiger partial charge in [0, 0.05) is 38.1 Å². The van der Waals surface area contributed by atoms with Gasteiger partial charge in [-0.15, -0.1) is 0 Å². The topological polar surface area (TPSA) is 65.3 Å². The van der Waals surface area contributed by atoms with Crippen LogP contribution >= 0.6 is 0 Å². The monoisotopic (exact) mass is 365 g/mol. The van der Waals surface area contributed by atoms with Gasteiger partial charge in [-0.3, -0.25) is 4.68 Å². The smallest absolute Gasteiger partial charge is 0.226 e. The summed E-state index contributed by atoms with van der Waals surface area (Å²) in [7, 11) is 5.24. The first-order valence-electron chi connectivity index (χ1n) is 8.91. The van der Waals surface area contributed by atoms with Crippen LogP contribution in [0.5, 0.6) is 11.5 Å². The number of anilines is 1. The number of aromatic nitrogens is 4. The minimum absolute atomic E-state index is 0.733. The van der Waals surface area contributed by atoms with E-state index >= 15 is 0 Å². The van der Waals surface area contributed by atoms with Crippen molar-refractivity contribution in [3.05, 3.63) is 47.4 Å². The zero-order valence-electron chi connectivity index (χ0n) is 16.1. The van der Waals surface area contributed by atoms with Gasteiger partial charge in [0.25, 0.3) is 0 Å². The minimum atomic E-state index is 0.733. The fourth-order valence-corrected chi connectivity index (χ4v) is 3.56. The highest BCUT2D eigenvalue weighted by Gasteiger charge is 2.22. The number of hydrogen-bond donors (Lipinski definition) is 0. The summed E-state index contributed by atoms with van der Waals surface area (Å²) in [6.07, 6.45) is 4.72. The minimum Gasteiger partial charge on any atom is -0.493 e. The lowest BCUT2D eigenvalue weighted by atomic mass is 9.99. The predicted molar refractivity (Wildman–Crippen MR) is 103 cm³/mol. The first-order valence-corrected chi connectivity index (χ1v) is 8.91. The van der Waals surface area contributed by atoms with Crippen LogP contribution in [0, 0.1) is 6.92 Å². The third-order valence-corrected chi connectivity index (χ3v) is 4.93. The number of nitrogens with zero attached hydrogens (tertiary/aromatic N) is 5. The van der Waals surface area contributed by atoms with Crippen LogP contribution < -0.4 is 14.4 Å². The van der Waals surface area contributed by atoms with E-state index in [0.29, 0.717) is 0 Å². The lowest BCUT2D eigenvalue weighted by Crippen LogP contribution is -2.31. The highest BCUT2D eigenvalue weighted by molar-refractivity contribution is 5.62. The molecule has 0 radical (unpaired) electrons. The summed E-state index contributed by atoms with van der Waals surface area (Å²) in [5.74, 6) is 2.25. The fraction of sp³-hybridized carbons (Fsp3) is 0.350. The van der Waals surface area contributed by atoms with E-state index in [1.54, 1.807) is 14.2 Å². The van der Waals surface area contributed by atoms with Gasteiger partial charge >= 0.3 is 0 Å². The largest absolute Gasteiger partial charge is 0.493 e. The van der Waals surface area contributed by atoms with Gasteiger partial charge in [0.15, 0.2) is 11.5 Å². The Hall–Kier alpha value is -3.09. The van der Waals surface area contributed by atoms with Crippen LogP contribution in [0.25, 0.3) is 11.3 Å². The molecule has 7 heteroatoms. The van der Waals surface area contributed by atoms with Crippen molar-refractivity contribution in [1.29, 1.82) is 0 Å². The summed E-state index contributed by atoms with van der Waals surface area (Å²) in [6, 6.07) is 6.05. The highest BCUT2D eigenvalue weighted by Crippen LogP contribution is 2.34. The number of aryl methyl sites for hydroxylation is 2. The molecule has 2 aromatic heterocycles. The Bertz CT molecular complexity index is 982. The first kappa shape index (κ1) is 17.3. The van der Waals surface area contributed by atoms with Crippen LogP contribution in [0.2, 0.25) is 0 Å². The summed E-state index contributed by atoms with van der Waals surface area (Å²) in [4.78, 5) is 11.5. The molecule has 0 atom stereocenters. The standard InChI is InChI=1S/C20H23N5O2/c1-13-16(12-24(2)23-13)17-5-7-21-20(22-17)25-8-6-14-9-18(26-3)19(27-4)10-15(14)11-25/h5,7,9-10,12H,6,8,11H2,1-4H3. The van der Waals surface area contributed by atoms with E-state index in [4.69, 9.17) is 14.5 Å². The third-order valence-electron chi connectivity index (χ3n) is 4.93. The highest BCUT2D eigenvalue weighted by atomic mass is 16.5. The molecule has 1 aliphatic heterocycles. The third kappa shape index (κ3) is 3.20. The Morgan fingerprint density at radius 1 is 1.07 bits per heavy atom. The molecule has 4 rings (SSSR count). The first-order chi connectivity index (χ1) is 13.1. The van der Waals surface area contributed by atoms with E-state index in [1.807, 2.05) is 37.1 Å². The molecule has 0 N–H and O–H groups in total. The molecule has 0 fully saturated rings. The molecule has 3 aromatic rings. The zero-order valence-corrected chi connectivity index (χ0v) is 16.1. The quantitative estimate of drug-likeness (QED) is 0.708. The molecular weight excluding hydrogens is 342 g/mol.